The van der Waals surface area contributed by atoms with E-state index in [0.717, 1.165) is 16.3 Å². The standard InChI is InChI=1S/C18H15NO3.C11H9Br.C7H7NO3/c1-22-18(21)16-8-9-19(17(20)11-16)12-13-6-7-14-4-2-3-5-15(14)10-13;12-8-9-5-6-10-3-1-2-4-11(10)7-9;1-11-7(10)5-2-3-8-6(9)4-5/h2-11H,12H2,1H3;1-7H,8H2;2-4H,1H3,(H,8,9). The van der Waals surface area contributed by atoms with Crippen LogP contribution in [0.25, 0.3) is 21.5 Å². The maximum Gasteiger partial charge on any atom is 0.338 e. The monoisotopic (exact) mass is 666 g/mol. The number of carbonyl (C=O) groups is 2. The average Bonchev–Trinajstić information content (AvgIpc) is 3.08. The molecule has 6 aromatic rings. The third-order valence-electron chi connectivity index (χ3n) is 6.75. The predicted octanol–water partition coefficient (Wildman–Crippen LogP) is 6.73. The van der Waals surface area contributed by atoms with Crippen molar-refractivity contribution in [3.8, 4) is 0 Å². The molecule has 8 nitrogen and oxygen atoms in total. The second kappa shape index (κ2) is 16.0. The van der Waals surface area contributed by atoms with Crippen LogP contribution in [-0.4, -0.2) is 35.7 Å². The van der Waals surface area contributed by atoms with Crippen LogP contribution in [0.2, 0.25) is 0 Å². The molecule has 0 atom stereocenters. The van der Waals surface area contributed by atoms with E-state index in [1.165, 1.54) is 60.3 Å². The summed E-state index contributed by atoms with van der Waals surface area (Å²) in [5.74, 6) is -1.01. The van der Waals surface area contributed by atoms with Gasteiger partial charge in [-0.1, -0.05) is 94.8 Å². The number of benzene rings is 4. The Morgan fingerprint density at radius 3 is 1.73 bits per heavy atom. The van der Waals surface area contributed by atoms with Gasteiger partial charge in [-0.05, 0) is 50.9 Å². The number of hydrogen-bond acceptors (Lipinski definition) is 6. The molecule has 9 heteroatoms. The van der Waals surface area contributed by atoms with Gasteiger partial charge in [0.05, 0.1) is 31.9 Å². The number of rotatable bonds is 5. The lowest BCUT2D eigenvalue weighted by Gasteiger charge is -2.08. The Labute approximate surface area is 268 Å². The van der Waals surface area contributed by atoms with Crippen LogP contribution >= 0.6 is 15.9 Å². The third-order valence-corrected chi connectivity index (χ3v) is 7.40. The third kappa shape index (κ3) is 9.11. The van der Waals surface area contributed by atoms with E-state index in [2.05, 4.69) is 85.0 Å². The molecule has 0 radical (unpaired) electrons. The Hall–Kier alpha value is -5.28. The maximum absolute atomic E-state index is 12.1. The van der Waals surface area contributed by atoms with Crippen molar-refractivity contribution in [3.63, 3.8) is 0 Å². The molecule has 0 bridgehead atoms. The van der Waals surface area contributed by atoms with Crippen LogP contribution < -0.4 is 11.1 Å². The first-order chi connectivity index (χ1) is 21.8. The summed E-state index contributed by atoms with van der Waals surface area (Å²) >= 11 is 3.44. The zero-order chi connectivity index (χ0) is 32.2. The highest BCUT2D eigenvalue weighted by molar-refractivity contribution is 9.08. The second-order valence-corrected chi connectivity index (χ2v) is 10.4. The molecule has 0 saturated heterocycles. The number of carbonyl (C=O) groups excluding carboxylic acids is 2. The molecule has 0 aliphatic carbocycles. The van der Waals surface area contributed by atoms with E-state index >= 15 is 0 Å². The van der Waals surface area contributed by atoms with E-state index in [0.29, 0.717) is 6.54 Å². The van der Waals surface area contributed by atoms with Crippen LogP contribution in [0.5, 0.6) is 0 Å². The number of pyridine rings is 2. The fraction of sp³-hybridized carbons (Fsp3) is 0.111. The zero-order valence-corrected chi connectivity index (χ0v) is 26.3. The second-order valence-electron chi connectivity index (χ2n) is 9.80. The molecular formula is C36H31BrN2O6. The molecule has 45 heavy (non-hydrogen) atoms. The Morgan fingerprint density at radius 1 is 0.667 bits per heavy atom. The molecule has 0 fully saturated rings. The lowest BCUT2D eigenvalue weighted by atomic mass is 10.1. The van der Waals surface area contributed by atoms with Crippen molar-refractivity contribution in [2.45, 2.75) is 11.9 Å². The number of H-pyrrole nitrogens is 1. The SMILES string of the molecule is BrCc1ccc2ccccc2c1.COC(=O)c1cc[nH]c(=O)c1.COC(=O)c1ccn(Cc2ccc3ccccc3c2)c(=O)c1. The summed E-state index contributed by atoms with van der Waals surface area (Å²) in [5.41, 5.74) is 2.35. The van der Waals surface area contributed by atoms with Crippen molar-refractivity contribution < 1.29 is 19.1 Å². The highest BCUT2D eigenvalue weighted by Gasteiger charge is 2.08. The molecule has 0 spiro atoms. The fourth-order valence-corrected chi connectivity index (χ4v) is 4.78. The first-order valence-corrected chi connectivity index (χ1v) is 15.0. The Balaban J connectivity index is 0.000000169. The zero-order valence-electron chi connectivity index (χ0n) is 24.7. The molecule has 0 aliphatic rings. The largest absolute Gasteiger partial charge is 0.465 e. The van der Waals surface area contributed by atoms with Gasteiger partial charge in [0, 0.05) is 29.9 Å². The molecule has 2 heterocycles. The van der Waals surface area contributed by atoms with Crippen molar-refractivity contribution in [2.75, 3.05) is 14.2 Å². The minimum absolute atomic E-state index is 0.226. The number of nitrogens with one attached hydrogen (secondary N) is 1. The van der Waals surface area contributed by atoms with Gasteiger partial charge >= 0.3 is 11.9 Å². The summed E-state index contributed by atoms with van der Waals surface area (Å²) in [4.78, 5) is 47.3. The number of hydrogen-bond donors (Lipinski definition) is 1. The quantitative estimate of drug-likeness (QED) is 0.161. The van der Waals surface area contributed by atoms with E-state index < -0.39 is 11.9 Å². The smallest absolute Gasteiger partial charge is 0.338 e. The molecular weight excluding hydrogens is 636 g/mol. The van der Waals surface area contributed by atoms with Crippen LogP contribution in [0.15, 0.2) is 131 Å². The molecule has 0 unspecified atom stereocenters. The van der Waals surface area contributed by atoms with Gasteiger partial charge < -0.3 is 19.0 Å². The fourth-order valence-electron chi connectivity index (χ4n) is 4.43. The molecule has 6 rings (SSSR count). The summed E-state index contributed by atoms with van der Waals surface area (Å²) < 4.78 is 10.6. The van der Waals surface area contributed by atoms with Gasteiger partial charge in [-0.3, -0.25) is 9.59 Å². The number of methoxy groups -OCH3 is 2. The topological polar surface area (TPSA) is 107 Å². The van der Waals surface area contributed by atoms with Gasteiger partial charge in [0.2, 0.25) is 5.56 Å². The van der Waals surface area contributed by atoms with Crippen LogP contribution in [0.4, 0.5) is 0 Å². The summed E-state index contributed by atoms with van der Waals surface area (Å²) in [5, 5.41) is 5.85. The van der Waals surface area contributed by atoms with Gasteiger partial charge in [-0.25, -0.2) is 9.59 Å². The minimum Gasteiger partial charge on any atom is -0.465 e. The van der Waals surface area contributed by atoms with Crippen LogP contribution in [0.1, 0.15) is 31.8 Å². The Bertz CT molecular complexity index is 2050. The van der Waals surface area contributed by atoms with E-state index in [9.17, 15) is 19.2 Å². The number of halogens is 1. The van der Waals surface area contributed by atoms with Gasteiger partial charge in [-0.15, -0.1) is 0 Å². The lowest BCUT2D eigenvalue weighted by molar-refractivity contribution is 0.0591. The van der Waals surface area contributed by atoms with Gasteiger partial charge in [0.1, 0.15) is 0 Å². The average molecular weight is 668 g/mol. The lowest BCUT2D eigenvalue weighted by Crippen LogP contribution is -2.21. The number of nitrogens with zero attached hydrogens (tertiary/aromatic N) is 1. The molecule has 0 aliphatic heterocycles. The van der Waals surface area contributed by atoms with Crippen molar-refractivity contribution in [2.24, 2.45) is 0 Å². The normalized spacial score (nSPS) is 10.2. The summed E-state index contributed by atoms with van der Waals surface area (Å²) in [6.07, 6.45) is 3.01. The number of alkyl halides is 1. The minimum atomic E-state index is -0.505. The van der Waals surface area contributed by atoms with Crippen molar-refractivity contribution in [1.29, 1.82) is 0 Å². The van der Waals surface area contributed by atoms with E-state index in [1.54, 1.807) is 16.8 Å². The van der Waals surface area contributed by atoms with Gasteiger partial charge in [0.15, 0.2) is 0 Å². The van der Waals surface area contributed by atoms with Crippen LogP contribution in [0.3, 0.4) is 0 Å². The van der Waals surface area contributed by atoms with Crippen LogP contribution in [0, 0.1) is 0 Å². The van der Waals surface area contributed by atoms with Gasteiger partial charge in [-0.2, -0.15) is 0 Å². The number of fused-ring (bicyclic) bond motifs is 2. The molecule has 0 saturated carbocycles. The molecule has 2 aromatic heterocycles. The molecule has 0 amide bonds. The predicted molar refractivity (Wildman–Crippen MR) is 180 cm³/mol. The van der Waals surface area contributed by atoms with E-state index in [1.807, 2.05) is 30.3 Å². The first-order valence-electron chi connectivity index (χ1n) is 13.9. The Morgan fingerprint density at radius 2 is 1.20 bits per heavy atom. The van der Waals surface area contributed by atoms with Crippen molar-refractivity contribution in [3.05, 3.63) is 165 Å². The summed E-state index contributed by atoms with van der Waals surface area (Å²) in [6.45, 7) is 0.463. The summed E-state index contributed by atoms with van der Waals surface area (Å²) in [6, 6.07) is 34.7. The highest BCUT2D eigenvalue weighted by atomic mass is 79.9. The van der Waals surface area contributed by atoms with Crippen molar-refractivity contribution >= 4 is 49.4 Å². The number of esters is 2. The molecule has 4 aromatic carbocycles. The van der Waals surface area contributed by atoms with Crippen LogP contribution in [-0.2, 0) is 21.3 Å². The maximum atomic E-state index is 12.1. The van der Waals surface area contributed by atoms with E-state index in [4.69, 9.17) is 0 Å². The summed E-state index contributed by atoms with van der Waals surface area (Å²) in [7, 11) is 2.56. The molecule has 228 valence electrons. The number of ether oxygens (including phenoxy) is 2. The molecule has 1 N–H and O–H groups in total. The van der Waals surface area contributed by atoms with Gasteiger partial charge in [0.25, 0.3) is 5.56 Å². The van der Waals surface area contributed by atoms with E-state index in [-0.39, 0.29) is 22.2 Å². The highest BCUT2D eigenvalue weighted by Crippen LogP contribution is 2.17. The number of aromatic nitrogens is 2. The van der Waals surface area contributed by atoms with Crippen molar-refractivity contribution in [1.82, 2.24) is 9.55 Å². The Kier molecular flexibility index (Phi) is 11.6. The first kappa shape index (κ1) is 32.6. The number of aromatic amines is 1.